The van der Waals surface area contributed by atoms with Gasteiger partial charge in [-0.3, -0.25) is 0 Å². The molecule has 0 amide bonds. The first-order valence-corrected chi connectivity index (χ1v) is 6.14. The summed E-state index contributed by atoms with van der Waals surface area (Å²) in [5.41, 5.74) is 6.32. The molecule has 0 radical (unpaired) electrons. The summed E-state index contributed by atoms with van der Waals surface area (Å²) in [6.45, 7) is -1.41. The van der Waals surface area contributed by atoms with E-state index in [1.165, 1.54) is 11.3 Å². The third kappa shape index (κ3) is 3.93. The minimum absolute atomic E-state index is 0.127. The average Bonchev–Trinajstić information content (AvgIpc) is 2.91. The van der Waals surface area contributed by atoms with Crippen LogP contribution in [0.3, 0.4) is 0 Å². The monoisotopic (exact) mass is 293 g/mol. The molecule has 2 N–H and O–H groups in total. The van der Waals surface area contributed by atoms with E-state index in [0.29, 0.717) is 10.6 Å². The number of ether oxygens (including phenoxy) is 1. The fourth-order valence-corrected chi connectivity index (χ4v) is 1.95. The van der Waals surface area contributed by atoms with E-state index < -0.39 is 12.8 Å². The lowest BCUT2D eigenvalue weighted by Crippen LogP contribution is -2.18. The molecule has 0 spiro atoms. The predicted octanol–water partition coefficient (Wildman–Crippen LogP) is 2.50. The zero-order valence-corrected chi connectivity index (χ0v) is 10.4. The summed E-state index contributed by atoms with van der Waals surface area (Å²) in [5, 5.41) is 5.97. The molecule has 2 rings (SSSR count). The maximum absolute atomic E-state index is 11.8. The molecule has 0 aromatic carbocycles. The zero-order valence-electron chi connectivity index (χ0n) is 9.61. The molecule has 0 atom stereocenters. The van der Waals surface area contributed by atoms with Crippen molar-refractivity contribution in [3.63, 3.8) is 0 Å². The van der Waals surface area contributed by atoms with Crippen molar-refractivity contribution in [2.24, 2.45) is 0 Å². The lowest BCUT2D eigenvalue weighted by Gasteiger charge is -2.05. The molecule has 0 saturated carbocycles. The summed E-state index contributed by atoms with van der Waals surface area (Å²) in [7, 11) is 0. The first-order valence-electron chi connectivity index (χ1n) is 5.26. The molecule has 2 heterocycles. The third-order valence-corrected chi connectivity index (χ3v) is 2.88. The Morgan fingerprint density at radius 3 is 2.84 bits per heavy atom. The van der Waals surface area contributed by atoms with E-state index in [9.17, 15) is 13.2 Å². The summed E-state index contributed by atoms with van der Waals surface area (Å²) < 4.78 is 44.9. The first-order chi connectivity index (χ1) is 8.96. The Balaban J connectivity index is 1.87. The van der Waals surface area contributed by atoms with Gasteiger partial charge in [-0.15, -0.1) is 11.3 Å². The Morgan fingerprint density at radius 1 is 1.42 bits per heavy atom. The Hall–Kier alpha value is -1.61. The van der Waals surface area contributed by atoms with Crippen LogP contribution in [0.25, 0.3) is 11.5 Å². The molecule has 0 aliphatic rings. The van der Waals surface area contributed by atoms with Crippen molar-refractivity contribution in [2.75, 3.05) is 18.9 Å². The van der Waals surface area contributed by atoms with Crippen LogP contribution >= 0.6 is 11.3 Å². The van der Waals surface area contributed by atoms with Gasteiger partial charge in [0.25, 0.3) is 5.89 Å². The maximum Gasteiger partial charge on any atom is 0.411 e. The number of alkyl halides is 3. The van der Waals surface area contributed by atoms with Crippen LogP contribution in [0, 0.1) is 0 Å². The van der Waals surface area contributed by atoms with Crippen LogP contribution in [0.5, 0.6) is 0 Å². The molecule has 0 saturated heterocycles. The number of anilines is 1. The summed E-state index contributed by atoms with van der Waals surface area (Å²) in [5.74, 6) is 0.535. The second-order valence-corrected chi connectivity index (χ2v) is 4.58. The maximum atomic E-state index is 11.8. The van der Waals surface area contributed by atoms with Crippen LogP contribution < -0.4 is 5.73 Å². The normalized spacial score (nSPS) is 11.9. The van der Waals surface area contributed by atoms with E-state index >= 15 is 0 Å². The van der Waals surface area contributed by atoms with Crippen molar-refractivity contribution in [3.05, 3.63) is 17.3 Å². The number of rotatable bonds is 5. The number of nitrogen functional groups attached to an aromatic ring is 1. The molecule has 0 unspecified atom stereocenters. The lowest BCUT2D eigenvalue weighted by molar-refractivity contribution is -0.173. The number of thiophene rings is 1. The second-order valence-electron chi connectivity index (χ2n) is 3.63. The topological polar surface area (TPSA) is 74.2 Å². The van der Waals surface area contributed by atoms with Crippen LogP contribution in [0.4, 0.5) is 18.2 Å². The number of hydrogen-bond donors (Lipinski definition) is 1. The van der Waals surface area contributed by atoms with Crippen molar-refractivity contribution in [1.29, 1.82) is 0 Å². The van der Waals surface area contributed by atoms with Gasteiger partial charge in [0.2, 0.25) is 0 Å². The highest BCUT2D eigenvalue weighted by Gasteiger charge is 2.27. The highest BCUT2D eigenvalue weighted by Crippen LogP contribution is 2.28. The first kappa shape index (κ1) is 13.8. The molecule has 104 valence electrons. The lowest BCUT2D eigenvalue weighted by atomic mass is 10.3. The molecule has 9 heteroatoms. The Kier molecular flexibility index (Phi) is 4.05. The molecular weight excluding hydrogens is 283 g/mol. The fourth-order valence-electron chi connectivity index (χ4n) is 1.31. The molecule has 5 nitrogen and oxygen atoms in total. The number of nitrogens with zero attached hydrogens (tertiary/aromatic N) is 2. The van der Waals surface area contributed by atoms with Crippen LogP contribution in [0.2, 0.25) is 0 Å². The summed E-state index contributed by atoms with van der Waals surface area (Å²) >= 11 is 1.33. The van der Waals surface area contributed by atoms with Gasteiger partial charge in [-0.25, -0.2) is 0 Å². The number of aromatic nitrogens is 2. The van der Waals surface area contributed by atoms with E-state index in [4.69, 9.17) is 10.3 Å². The molecular formula is C10H10F3N3O2S. The number of nitrogens with two attached hydrogens (primary N) is 1. The molecule has 2 aromatic rings. The quantitative estimate of drug-likeness (QED) is 0.857. The molecule has 2 aromatic heterocycles. The van der Waals surface area contributed by atoms with E-state index in [0.717, 1.165) is 0 Å². The smallest absolute Gasteiger partial charge is 0.390 e. The van der Waals surface area contributed by atoms with Crippen LogP contribution in [-0.4, -0.2) is 29.5 Å². The van der Waals surface area contributed by atoms with Crippen LogP contribution in [-0.2, 0) is 11.2 Å². The van der Waals surface area contributed by atoms with Gasteiger partial charge in [-0.1, -0.05) is 5.16 Å². The van der Waals surface area contributed by atoms with Crippen molar-refractivity contribution in [2.45, 2.75) is 12.6 Å². The van der Waals surface area contributed by atoms with Gasteiger partial charge >= 0.3 is 6.18 Å². The molecule has 0 aliphatic carbocycles. The van der Waals surface area contributed by atoms with Gasteiger partial charge in [0.15, 0.2) is 5.82 Å². The second kappa shape index (κ2) is 5.57. The van der Waals surface area contributed by atoms with E-state index in [-0.39, 0.29) is 24.7 Å². The third-order valence-electron chi connectivity index (χ3n) is 2.13. The average molecular weight is 293 g/mol. The van der Waals surface area contributed by atoms with Crippen LogP contribution in [0.15, 0.2) is 16.0 Å². The van der Waals surface area contributed by atoms with Crippen molar-refractivity contribution < 1.29 is 22.4 Å². The standard InChI is InChI=1S/C10H10F3N3O2S/c11-10(12,13)5-17-3-1-7-15-9(18-16-7)6-2-4-19-8(6)14/h2,4H,1,3,5,14H2. The highest BCUT2D eigenvalue weighted by atomic mass is 32.1. The largest absolute Gasteiger partial charge is 0.411 e. The van der Waals surface area contributed by atoms with Crippen molar-refractivity contribution in [3.8, 4) is 11.5 Å². The van der Waals surface area contributed by atoms with Gasteiger partial charge in [-0.05, 0) is 11.4 Å². The fraction of sp³-hybridized carbons (Fsp3) is 0.400. The summed E-state index contributed by atoms with van der Waals surface area (Å²) in [4.78, 5) is 4.04. The summed E-state index contributed by atoms with van der Waals surface area (Å²) in [6, 6.07) is 1.73. The Morgan fingerprint density at radius 2 is 2.21 bits per heavy atom. The van der Waals surface area contributed by atoms with Gasteiger partial charge in [-0.2, -0.15) is 18.2 Å². The number of halogens is 3. The van der Waals surface area contributed by atoms with Gasteiger partial charge in [0.1, 0.15) is 6.61 Å². The molecule has 0 fully saturated rings. The van der Waals surface area contributed by atoms with Crippen LogP contribution in [0.1, 0.15) is 5.82 Å². The minimum atomic E-state index is -4.33. The highest BCUT2D eigenvalue weighted by molar-refractivity contribution is 7.14. The zero-order chi connectivity index (χ0) is 13.9. The SMILES string of the molecule is Nc1sccc1-c1nc(CCOCC(F)(F)F)no1. The van der Waals surface area contributed by atoms with Gasteiger partial charge in [0.05, 0.1) is 17.2 Å². The van der Waals surface area contributed by atoms with Gasteiger partial charge < -0.3 is 15.0 Å². The van der Waals surface area contributed by atoms with E-state index in [1.807, 2.05) is 0 Å². The van der Waals surface area contributed by atoms with Crippen molar-refractivity contribution >= 4 is 16.3 Å². The summed E-state index contributed by atoms with van der Waals surface area (Å²) in [6.07, 6.45) is -4.18. The molecule has 0 bridgehead atoms. The van der Waals surface area contributed by atoms with E-state index in [1.54, 1.807) is 11.4 Å². The minimum Gasteiger partial charge on any atom is -0.390 e. The Labute approximate surface area is 110 Å². The van der Waals surface area contributed by atoms with Gasteiger partial charge in [0, 0.05) is 6.42 Å². The van der Waals surface area contributed by atoms with E-state index in [2.05, 4.69) is 14.9 Å². The number of hydrogen-bond acceptors (Lipinski definition) is 6. The molecule has 0 aliphatic heterocycles. The Bertz CT molecular complexity index is 538. The van der Waals surface area contributed by atoms with Crippen molar-refractivity contribution in [1.82, 2.24) is 10.1 Å². The predicted molar refractivity (Wildman–Crippen MR) is 62.6 cm³/mol. The molecule has 19 heavy (non-hydrogen) atoms.